The van der Waals surface area contributed by atoms with Gasteiger partial charge in [-0.05, 0) is 38.1 Å². The van der Waals surface area contributed by atoms with Crippen molar-refractivity contribution in [3.63, 3.8) is 0 Å². The molecule has 2 aliphatic heterocycles. The van der Waals surface area contributed by atoms with Gasteiger partial charge in [0.2, 0.25) is 0 Å². The molecule has 5 nitrogen and oxygen atoms in total. The number of thiazole rings is 1. The van der Waals surface area contributed by atoms with Gasteiger partial charge in [0.15, 0.2) is 5.82 Å². The number of likely N-dealkylation sites (tertiary alicyclic amines) is 1. The molecule has 8 heteroatoms. The summed E-state index contributed by atoms with van der Waals surface area (Å²) in [5, 5.41) is 7.17. The molecule has 2 fully saturated rings. The number of fused-ring (bicyclic) bond motifs is 2. The summed E-state index contributed by atoms with van der Waals surface area (Å²) in [5.41, 5.74) is 1.63. The van der Waals surface area contributed by atoms with Crippen molar-refractivity contribution in [2.75, 3.05) is 31.6 Å². The minimum Gasteiger partial charge on any atom is -0.361 e. The minimum absolute atomic E-state index is 0.292. The molecule has 2 saturated heterocycles. The molecule has 2 aliphatic rings. The molecule has 5 heterocycles. The maximum absolute atomic E-state index is 14.4. The molecule has 4 aromatic rings. The highest BCUT2D eigenvalue weighted by molar-refractivity contribution is 7.30. The van der Waals surface area contributed by atoms with Crippen molar-refractivity contribution in [2.24, 2.45) is 7.05 Å². The number of hydrogen-bond donors (Lipinski definition) is 0. The SMILES string of the molecule is CN1CCC12CCN(c1cc3sc(-c4cc(F)c5nn(C)cc5c4)nc3s1)C2. The van der Waals surface area contributed by atoms with Crippen LogP contribution in [0.15, 0.2) is 24.4 Å². The predicted octanol–water partition coefficient (Wildman–Crippen LogP) is 4.34. The van der Waals surface area contributed by atoms with E-state index in [2.05, 4.69) is 28.0 Å². The lowest BCUT2D eigenvalue weighted by atomic mass is 9.85. The van der Waals surface area contributed by atoms with Crippen LogP contribution < -0.4 is 4.90 Å². The van der Waals surface area contributed by atoms with Gasteiger partial charge in [-0.15, -0.1) is 11.3 Å². The first-order valence-corrected chi connectivity index (χ1v) is 11.1. The van der Waals surface area contributed by atoms with Crippen molar-refractivity contribution in [3.05, 3.63) is 30.2 Å². The van der Waals surface area contributed by atoms with E-state index < -0.39 is 0 Å². The number of benzene rings is 1. The molecule has 6 rings (SSSR count). The Morgan fingerprint density at radius 1 is 1.11 bits per heavy atom. The monoisotopic (exact) mass is 413 g/mol. The van der Waals surface area contributed by atoms with Gasteiger partial charge >= 0.3 is 0 Å². The Morgan fingerprint density at radius 3 is 2.68 bits per heavy atom. The standard InChI is InChI=1S/C20H20FN5S2/c1-24-5-3-20(24)4-6-26(11-20)16-9-15-19(28-16)22-18(27-15)12-7-13-10-25(2)23-17(13)14(21)8-12/h7-10H,3-6,11H2,1-2H3. The fourth-order valence-corrected chi connectivity index (χ4v) is 6.77. The van der Waals surface area contributed by atoms with Crippen LogP contribution in [0, 0.1) is 5.82 Å². The van der Waals surface area contributed by atoms with Crippen LogP contribution in [-0.2, 0) is 7.05 Å². The summed E-state index contributed by atoms with van der Waals surface area (Å²) in [4.78, 5) is 10.9. The Kier molecular flexibility index (Phi) is 3.46. The summed E-state index contributed by atoms with van der Waals surface area (Å²) >= 11 is 3.40. The molecule has 0 bridgehead atoms. The molecule has 0 saturated carbocycles. The number of hydrogen-bond acceptors (Lipinski definition) is 6. The maximum Gasteiger partial charge on any atom is 0.152 e. The summed E-state index contributed by atoms with van der Waals surface area (Å²) in [7, 11) is 4.05. The van der Waals surface area contributed by atoms with E-state index in [1.165, 1.54) is 29.1 Å². The van der Waals surface area contributed by atoms with Crippen molar-refractivity contribution in [1.82, 2.24) is 19.7 Å². The third-order valence-electron chi connectivity index (χ3n) is 6.37. The van der Waals surface area contributed by atoms with E-state index in [4.69, 9.17) is 4.98 Å². The van der Waals surface area contributed by atoms with Gasteiger partial charge in [-0.1, -0.05) is 11.3 Å². The molecule has 0 amide bonds. The van der Waals surface area contributed by atoms with E-state index >= 15 is 0 Å². The Balaban J connectivity index is 1.33. The fourth-order valence-electron chi connectivity index (χ4n) is 4.55. The van der Waals surface area contributed by atoms with E-state index in [1.807, 2.05) is 19.3 Å². The quantitative estimate of drug-likeness (QED) is 0.490. The van der Waals surface area contributed by atoms with E-state index in [9.17, 15) is 4.39 Å². The molecule has 0 N–H and O–H groups in total. The van der Waals surface area contributed by atoms with Crippen molar-refractivity contribution in [3.8, 4) is 10.6 Å². The number of thiophene rings is 1. The van der Waals surface area contributed by atoms with Gasteiger partial charge in [-0.25, -0.2) is 9.37 Å². The molecular formula is C20H20FN5S2. The summed E-state index contributed by atoms with van der Waals surface area (Å²) in [6.45, 7) is 3.46. The van der Waals surface area contributed by atoms with Gasteiger partial charge in [0.1, 0.15) is 15.4 Å². The fraction of sp³-hybridized carbons (Fsp3) is 0.400. The lowest BCUT2D eigenvalue weighted by Gasteiger charge is -2.48. The lowest BCUT2D eigenvalue weighted by molar-refractivity contribution is 0.0307. The van der Waals surface area contributed by atoms with Crippen molar-refractivity contribution in [1.29, 1.82) is 0 Å². The highest BCUT2D eigenvalue weighted by atomic mass is 32.1. The topological polar surface area (TPSA) is 37.2 Å². The zero-order chi connectivity index (χ0) is 19.0. The van der Waals surface area contributed by atoms with Gasteiger partial charge in [0.25, 0.3) is 0 Å². The molecule has 1 unspecified atom stereocenters. The number of anilines is 1. The van der Waals surface area contributed by atoms with Crippen LogP contribution in [0.3, 0.4) is 0 Å². The lowest BCUT2D eigenvalue weighted by Crippen LogP contribution is -2.59. The van der Waals surface area contributed by atoms with E-state index in [0.717, 1.165) is 33.9 Å². The summed E-state index contributed by atoms with van der Waals surface area (Å²) in [6.07, 6.45) is 4.40. The molecular weight excluding hydrogens is 393 g/mol. The van der Waals surface area contributed by atoms with Crippen LogP contribution in [-0.4, -0.2) is 51.9 Å². The normalized spacial score (nSPS) is 22.8. The third kappa shape index (κ3) is 2.38. The molecule has 28 heavy (non-hydrogen) atoms. The van der Waals surface area contributed by atoms with Crippen molar-refractivity contribution < 1.29 is 4.39 Å². The van der Waals surface area contributed by atoms with Crippen LogP contribution >= 0.6 is 22.7 Å². The molecule has 3 aromatic heterocycles. The smallest absolute Gasteiger partial charge is 0.152 e. The van der Waals surface area contributed by atoms with Gasteiger partial charge in [-0.3, -0.25) is 9.58 Å². The van der Waals surface area contributed by atoms with Gasteiger partial charge in [0.05, 0.1) is 9.70 Å². The average molecular weight is 414 g/mol. The second kappa shape index (κ2) is 5.75. The number of aromatic nitrogens is 3. The summed E-state index contributed by atoms with van der Waals surface area (Å²) in [6, 6.07) is 5.79. The van der Waals surface area contributed by atoms with Crippen LogP contribution in [0.1, 0.15) is 12.8 Å². The highest BCUT2D eigenvalue weighted by Gasteiger charge is 2.47. The Hall–Kier alpha value is -2.03. The van der Waals surface area contributed by atoms with Crippen LogP contribution in [0.2, 0.25) is 0 Å². The van der Waals surface area contributed by atoms with Gasteiger partial charge in [0, 0.05) is 49.4 Å². The summed E-state index contributed by atoms with van der Waals surface area (Å²) < 4.78 is 17.3. The Labute approximate surface area is 170 Å². The van der Waals surface area contributed by atoms with Crippen molar-refractivity contribution in [2.45, 2.75) is 18.4 Å². The first kappa shape index (κ1) is 16.9. The summed E-state index contributed by atoms with van der Waals surface area (Å²) in [5.74, 6) is -0.292. The largest absolute Gasteiger partial charge is 0.361 e. The molecule has 1 spiro atoms. The third-order valence-corrected chi connectivity index (χ3v) is 8.64. The van der Waals surface area contributed by atoms with Gasteiger partial charge in [-0.2, -0.15) is 5.10 Å². The number of halogens is 1. The van der Waals surface area contributed by atoms with Crippen LogP contribution in [0.4, 0.5) is 9.39 Å². The Bertz CT molecular complexity index is 1190. The predicted molar refractivity (Wildman–Crippen MR) is 114 cm³/mol. The zero-order valence-corrected chi connectivity index (χ0v) is 17.4. The maximum atomic E-state index is 14.4. The van der Waals surface area contributed by atoms with Crippen LogP contribution in [0.25, 0.3) is 31.0 Å². The molecule has 1 atom stereocenters. The average Bonchev–Trinajstić information content (AvgIpc) is 3.40. The molecule has 0 aliphatic carbocycles. The van der Waals surface area contributed by atoms with Crippen molar-refractivity contribution >= 4 is 48.1 Å². The number of aryl methyl sites for hydroxylation is 1. The first-order valence-electron chi connectivity index (χ1n) is 9.51. The van der Waals surface area contributed by atoms with E-state index in [0.29, 0.717) is 11.1 Å². The number of nitrogens with zero attached hydrogens (tertiary/aromatic N) is 5. The number of likely N-dealkylation sites (N-methyl/N-ethyl adjacent to an activating group) is 1. The second-order valence-electron chi connectivity index (χ2n) is 8.04. The number of rotatable bonds is 2. The second-order valence-corrected chi connectivity index (χ2v) is 10.1. The molecule has 1 aromatic carbocycles. The minimum atomic E-state index is -0.292. The van der Waals surface area contributed by atoms with Gasteiger partial charge < -0.3 is 4.90 Å². The first-order chi connectivity index (χ1) is 13.5. The molecule has 0 radical (unpaired) electrons. The zero-order valence-electron chi connectivity index (χ0n) is 15.8. The van der Waals surface area contributed by atoms with E-state index in [1.54, 1.807) is 33.4 Å². The van der Waals surface area contributed by atoms with Crippen LogP contribution in [0.5, 0.6) is 0 Å². The van der Waals surface area contributed by atoms with E-state index in [-0.39, 0.29) is 5.82 Å². The highest BCUT2D eigenvalue weighted by Crippen LogP contribution is 2.44. The molecule has 144 valence electrons. The Morgan fingerprint density at radius 2 is 1.96 bits per heavy atom.